The molecule has 0 bridgehead atoms. The number of benzene rings is 1. The van der Waals surface area contributed by atoms with E-state index in [1.54, 1.807) is 14.0 Å². The van der Waals surface area contributed by atoms with E-state index in [-0.39, 0.29) is 30.0 Å². The maximum Gasteiger partial charge on any atom is 0.416 e. The van der Waals surface area contributed by atoms with E-state index in [0.717, 1.165) is 25.0 Å². The number of nitrogens with zero attached hydrogens (tertiary/aromatic N) is 3. The highest BCUT2D eigenvalue weighted by Crippen LogP contribution is 2.33. The van der Waals surface area contributed by atoms with Gasteiger partial charge in [-0.1, -0.05) is 12.5 Å². The minimum atomic E-state index is -4.70. The van der Waals surface area contributed by atoms with Crippen molar-refractivity contribution in [2.75, 3.05) is 17.7 Å². The molecule has 31 heavy (non-hydrogen) atoms. The van der Waals surface area contributed by atoms with Crippen molar-refractivity contribution in [3.63, 3.8) is 0 Å². The Hall–Kier alpha value is -2.98. The third kappa shape index (κ3) is 6.02. The Kier molecular flexibility index (Phi) is 6.91. The fourth-order valence-electron chi connectivity index (χ4n) is 3.69. The number of halogens is 4. The van der Waals surface area contributed by atoms with Gasteiger partial charge in [0.05, 0.1) is 5.56 Å². The second kappa shape index (κ2) is 9.44. The number of amides is 1. The van der Waals surface area contributed by atoms with Crippen LogP contribution in [-0.2, 0) is 17.5 Å². The molecule has 0 saturated heterocycles. The molecule has 0 spiro atoms. The van der Waals surface area contributed by atoms with Crippen LogP contribution in [0.2, 0.25) is 0 Å². The van der Waals surface area contributed by atoms with E-state index < -0.39 is 17.6 Å². The van der Waals surface area contributed by atoms with Gasteiger partial charge in [0.1, 0.15) is 11.6 Å². The van der Waals surface area contributed by atoms with E-state index in [9.17, 15) is 22.4 Å². The molecule has 3 N–H and O–H groups in total. The zero-order valence-electron chi connectivity index (χ0n) is 17.2. The maximum absolute atomic E-state index is 13.2. The van der Waals surface area contributed by atoms with Gasteiger partial charge in [-0.25, -0.2) is 4.39 Å². The minimum absolute atomic E-state index is 0.0486. The van der Waals surface area contributed by atoms with Crippen LogP contribution >= 0.6 is 0 Å². The van der Waals surface area contributed by atoms with Gasteiger partial charge in [-0.3, -0.25) is 4.79 Å². The standard InChI is InChI=1S/C20H24F4N6O/c1-11-27-18(25-2)30-19(28-11)29-15-5-3-4-12(8-15)17(31)26-10-13-6-7-14(21)9-16(13)20(22,23)24/h6-7,9,12,15H,3-5,8,10H2,1-2H3,(H,26,31)(H2,25,27,28,29,30)/t12-,15+/m0/s1. The van der Waals surface area contributed by atoms with Gasteiger partial charge in [0.2, 0.25) is 17.8 Å². The highest BCUT2D eigenvalue weighted by molar-refractivity contribution is 5.78. The van der Waals surface area contributed by atoms with Gasteiger partial charge >= 0.3 is 6.18 Å². The molecule has 2 atom stereocenters. The van der Waals surface area contributed by atoms with Crippen molar-refractivity contribution >= 4 is 17.8 Å². The van der Waals surface area contributed by atoms with Crippen molar-refractivity contribution in [1.29, 1.82) is 0 Å². The summed E-state index contributed by atoms with van der Waals surface area (Å²) in [4.78, 5) is 25.2. The molecule has 0 aliphatic heterocycles. The molecule has 0 unspecified atom stereocenters. The highest BCUT2D eigenvalue weighted by Gasteiger charge is 2.34. The van der Waals surface area contributed by atoms with E-state index >= 15 is 0 Å². The van der Waals surface area contributed by atoms with Gasteiger partial charge in [-0.2, -0.15) is 28.1 Å². The predicted octanol–water partition coefficient (Wildman–Crippen LogP) is 3.67. The second-order valence-corrected chi connectivity index (χ2v) is 7.50. The second-order valence-electron chi connectivity index (χ2n) is 7.50. The van der Waals surface area contributed by atoms with Gasteiger partial charge in [-0.15, -0.1) is 0 Å². The molecule has 7 nitrogen and oxygen atoms in total. The zero-order valence-corrected chi connectivity index (χ0v) is 17.2. The summed E-state index contributed by atoms with van der Waals surface area (Å²) in [6.07, 6.45) is -1.96. The van der Waals surface area contributed by atoms with Crippen LogP contribution in [0.5, 0.6) is 0 Å². The highest BCUT2D eigenvalue weighted by atomic mass is 19.4. The normalized spacial score (nSPS) is 19.0. The van der Waals surface area contributed by atoms with Crippen LogP contribution in [-0.4, -0.2) is 33.9 Å². The van der Waals surface area contributed by atoms with Crippen molar-refractivity contribution in [2.45, 2.75) is 51.4 Å². The lowest BCUT2D eigenvalue weighted by Crippen LogP contribution is -2.37. The number of carbonyl (C=O) groups excluding carboxylic acids is 1. The van der Waals surface area contributed by atoms with Crippen LogP contribution in [0, 0.1) is 18.7 Å². The Labute approximate surface area is 177 Å². The first kappa shape index (κ1) is 22.7. The van der Waals surface area contributed by atoms with Crippen molar-refractivity contribution in [1.82, 2.24) is 20.3 Å². The molecule has 1 heterocycles. The van der Waals surface area contributed by atoms with Crippen molar-refractivity contribution in [3.05, 3.63) is 41.0 Å². The molecule has 168 valence electrons. The first-order valence-electron chi connectivity index (χ1n) is 9.96. The summed E-state index contributed by atoms with van der Waals surface area (Å²) in [5, 5.41) is 8.64. The average molecular weight is 440 g/mol. The van der Waals surface area contributed by atoms with Gasteiger partial charge in [0, 0.05) is 25.6 Å². The number of aryl methyl sites for hydroxylation is 1. The Morgan fingerprint density at radius 1 is 1.16 bits per heavy atom. The Bertz CT molecular complexity index is 936. The number of anilines is 2. The van der Waals surface area contributed by atoms with Crippen LogP contribution < -0.4 is 16.0 Å². The summed E-state index contributed by atoms with van der Waals surface area (Å²) >= 11 is 0. The molecule has 1 fully saturated rings. The number of nitrogens with one attached hydrogen (secondary N) is 3. The van der Waals surface area contributed by atoms with Crippen LogP contribution in [0.15, 0.2) is 18.2 Å². The third-order valence-electron chi connectivity index (χ3n) is 5.18. The molecule has 2 aromatic rings. The van der Waals surface area contributed by atoms with Crippen LogP contribution in [0.3, 0.4) is 0 Å². The average Bonchev–Trinajstić information content (AvgIpc) is 2.71. The number of alkyl halides is 3. The lowest BCUT2D eigenvalue weighted by atomic mass is 9.85. The largest absolute Gasteiger partial charge is 0.416 e. The van der Waals surface area contributed by atoms with Gasteiger partial charge < -0.3 is 16.0 Å². The van der Waals surface area contributed by atoms with E-state index in [2.05, 4.69) is 30.9 Å². The Morgan fingerprint density at radius 3 is 2.61 bits per heavy atom. The molecule has 1 aromatic heterocycles. The molecular weight excluding hydrogens is 416 g/mol. The number of aromatic nitrogens is 3. The van der Waals surface area contributed by atoms with Crippen molar-refractivity contribution in [3.8, 4) is 0 Å². The molecule has 0 radical (unpaired) electrons. The molecule has 3 rings (SSSR count). The monoisotopic (exact) mass is 440 g/mol. The SMILES string of the molecule is CNc1nc(C)nc(N[C@@H]2CCC[C@H](C(=O)NCc3ccc(F)cc3C(F)(F)F)C2)n1. The molecule has 1 aromatic carbocycles. The van der Waals surface area contributed by atoms with Crippen LogP contribution in [0.1, 0.15) is 42.6 Å². The summed E-state index contributed by atoms with van der Waals surface area (Å²) in [5.41, 5.74) is -1.26. The summed E-state index contributed by atoms with van der Waals surface area (Å²) in [6, 6.07) is 2.39. The van der Waals surface area contributed by atoms with Gasteiger partial charge in [0.15, 0.2) is 0 Å². The summed E-state index contributed by atoms with van der Waals surface area (Å²) in [6.45, 7) is 1.43. The first-order chi connectivity index (χ1) is 14.7. The number of carbonyl (C=O) groups is 1. The van der Waals surface area contributed by atoms with E-state index in [1.165, 1.54) is 0 Å². The Balaban J connectivity index is 1.61. The van der Waals surface area contributed by atoms with Crippen LogP contribution in [0.4, 0.5) is 29.5 Å². The number of rotatable bonds is 6. The zero-order chi connectivity index (χ0) is 22.6. The Morgan fingerprint density at radius 2 is 1.90 bits per heavy atom. The molecule has 1 saturated carbocycles. The first-order valence-corrected chi connectivity index (χ1v) is 9.96. The lowest BCUT2D eigenvalue weighted by molar-refractivity contribution is -0.138. The fraction of sp³-hybridized carbons (Fsp3) is 0.500. The fourth-order valence-corrected chi connectivity index (χ4v) is 3.69. The molecule has 1 aliphatic carbocycles. The lowest BCUT2D eigenvalue weighted by Gasteiger charge is -2.29. The van der Waals surface area contributed by atoms with Crippen molar-refractivity contribution in [2.24, 2.45) is 5.92 Å². The van der Waals surface area contributed by atoms with E-state index in [1.807, 2.05) is 0 Å². The molecular formula is C20H24F4N6O. The van der Waals surface area contributed by atoms with E-state index in [0.29, 0.717) is 36.6 Å². The summed E-state index contributed by atoms with van der Waals surface area (Å²) < 4.78 is 52.7. The van der Waals surface area contributed by atoms with Gasteiger partial charge in [0.25, 0.3) is 0 Å². The quantitative estimate of drug-likeness (QED) is 0.594. The topological polar surface area (TPSA) is 91.8 Å². The van der Waals surface area contributed by atoms with Crippen LogP contribution in [0.25, 0.3) is 0 Å². The minimum Gasteiger partial charge on any atom is -0.357 e. The van der Waals surface area contributed by atoms with Gasteiger partial charge in [-0.05, 0) is 43.9 Å². The summed E-state index contributed by atoms with van der Waals surface area (Å²) in [7, 11) is 1.70. The van der Waals surface area contributed by atoms with E-state index in [4.69, 9.17) is 0 Å². The predicted molar refractivity (Wildman–Crippen MR) is 107 cm³/mol. The molecule has 11 heteroatoms. The third-order valence-corrected chi connectivity index (χ3v) is 5.18. The smallest absolute Gasteiger partial charge is 0.357 e. The van der Waals surface area contributed by atoms with Crippen molar-refractivity contribution < 1.29 is 22.4 Å². The maximum atomic E-state index is 13.2. The molecule has 1 aliphatic rings. The number of hydrogen-bond donors (Lipinski definition) is 3. The summed E-state index contributed by atoms with van der Waals surface area (Å²) in [5.74, 6) is -0.270. The number of hydrogen-bond acceptors (Lipinski definition) is 6. The molecule has 1 amide bonds.